The van der Waals surface area contributed by atoms with Crippen molar-refractivity contribution in [1.29, 1.82) is 0 Å². The smallest absolute Gasteiger partial charge is 0.410 e. The van der Waals surface area contributed by atoms with E-state index < -0.39 is 5.92 Å². The number of halogens is 2. The Morgan fingerprint density at radius 3 is 2.94 bits per heavy atom. The third-order valence-electron chi connectivity index (χ3n) is 5.70. The first-order valence-corrected chi connectivity index (χ1v) is 11.7. The molecule has 0 radical (unpaired) electrons. The second kappa shape index (κ2) is 10.2. The molecule has 0 bridgehead atoms. The lowest BCUT2D eigenvalue weighted by atomic mass is 9.98. The average Bonchev–Trinajstić information content (AvgIpc) is 3.47. The average molecular weight is 478 g/mol. The number of carbonyl (C=O) groups excluding carboxylic acids is 1. The molecule has 1 aromatic carbocycles. The van der Waals surface area contributed by atoms with Crippen LogP contribution in [0.1, 0.15) is 42.5 Å². The van der Waals surface area contributed by atoms with Gasteiger partial charge < -0.3 is 14.7 Å². The first-order valence-electron chi connectivity index (χ1n) is 10.9. The van der Waals surface area contributed by atoms with Gasteiger partial charge in [0.15, 0.2) is 0 Å². The minimum atomic E-state index is -3.03. The van der Waals surface area contributed by atoms with Gasteiger partial charge in [0, 0.05) is 35.9 Å². The maximum atomic E-state index is 14.5. The summed E-state index contributed by atoms with van der Waals surface area (Å²) in [5.41, 5.74) is -0.196. The predicted octanol–water partition coefficient (Wildman–Crippen LogP) is 4.74. The van der Waals surface area contributed by atoms with Gasteiger partial charge in [0.2, 0.25) is 5.82 Å². The molecule has 2 N–H and O–H groups in total. The van der Waals surface area contributed by atoms with Crippen molar-refractivity contribution in [2.75, 3.05) is 13.2 Å². The number of tetrazole rings is 1. The Kier molecular flexibility index (Phi) is 7.17. The Morgan fingerprint density at radius 1 is 1.27 bits per heavy atom. The zero-order valence-corrected chi connectivity index (χ0v) is 18.7. The van der Waals surface area contributed by atoms with Crippen molar-refractivity contribution in [3.8, 4) is 16.5 Å². The number of nitrogens with zero attached hydrogens (tertiary/aromatic N) is 4. The molecule has 11 heteroatoms. The molecule has 176 valence electrons. The maximum absolute atomic E-state index is 14.5. The van der Waals surface area contributed by atoms with Gasteiger partial charge in [0.05, 0.1) is 11.5 Å². The molecule has 1 aliphatic rings. The third-order valence-corrected chi connectivity index (χ3v) is 6.84. The second-order valence-electron chi connectivity index (χ2n) is 8.00. The van der Waals surface area contributed by atoms with E-state index in [2.05, 4.69) is 20.6 Å². The van der Waals surface area contributed by atoms with Crippen molar-refractivity contribution in [1.82, 2.24) is 25.5 Å². The number of aromatic nitrogens is 4. The van der Waals surface area contributed by atoms with Crippen LogP contribution in [-0.4, -0.2) is 55.9 Å². The number of hydrogen-bond acceptors (Lipinski definition) is 7. The van der Waals surface area contributed by atoms with Crippen molar-refractivity contribution in [3.63, 3.8) is 0 Å². The molecule has 1 saturated heterocycles. The zero-order valence-electron chi connectivity index (χ0n) is 17.9. The van der Waals surface area contributed by atoms with Crippen molar-refractivity contribution < 1.29 is 23.4 Å². The molecular weight excluding hydrogens is 452 g/mol. The minimum absolute atomic E-state index is 0.121. The molecule has 3 aromatic rings. The molecule has 33 heavy (non-hydrogen) atoms. The Morgan fingerprint density at radius 2 is 2.15 bits per heavy atom. The van der Waals surface area contributed by atoms with Gasteiger partial charge in [-0.25, -0.2) is 13.6 Å². The first-order chi connectivity index (χ1) is 15.9. The summed E-state index contributed by atoms with van der Waals surface area (Å²) in [6, 6.07) is 9.02. The quantitative estimate of drug-likeness (QED) is 0.437. The lowest BCUT2D eigenvalue weighted by molar-refractivity contribution is -0.0192. The monoisotopic (exact) mass is 477 g/mol. The number of aromatic amines is 1. The van der Waals surface area contributed by atoms with Crippen LogP contribution in [0.3, 0.4) is 0 Å². The van der Waals surface area contributed by atoms with Crippen LogP contribution in [0.25, 0.3) is 10.7 Å². The number of nitrogens with one attached hydrogen (secondary N) is 1. The van der Waals surface area contributed by atoms with E-state index in [0.29, 0.717) is 31.8 Å². The van der Waals surface area contributed by atoms with Gasteiger partial charge in [-0.1, -0.05) is 12.1 Å². The molecule has 0 aliphatic carbocycles. The fraction of sp³-hybridized carbons (Fsp3) is 0.455. The van der Waals surface area contributed by atoms with Crippen LogP contribution in [0.4, 0.5) is 13.6 Å². The minimum Gasteiger partial charge on any atom is -0.508 e. The van der Waals surface area contributed by atoms with Gasteiger partial charge in [0.25, 0.3) is 5.92 Å². The molecule has 1 fully saturated rings. The van der Waals surface area contributed by atoms with Crippen LogP contribution in [-0.2, 0) is 17.1 Å². The highest BCUT2D eigenvalue weighted by atomic mass is 32.1. The van der Waals surface area contributed by atoms with Gasteiger partial charge in [-0.3, -0.25) is 0 Å². The molecular formula is C22H25F2N5O3S. The Labute approximate surface area is 193 Å². The highest BCUT2D eigenvalue weighted by molar-refractivity contribution is 7.15. The normalized spacial score (nSPS) is 16.7. The number of amides is 1. The number of carbonyl (C=O) groups is 1. The highest BCUT2D eigenvalue weighted by Crippen LogP contribution is 2.35. The summed E-state index contributed by atoms with van der Waals surface area (Å²) in [4.78, 5) is 16.1. The van der Waals surface area contributed by atoms with Crippen molar-refractivity contribution >= 4 is 17.4 Å². The number of aromatic hydroxyl groups is 1. The Bertz CT molecular complexity index is 1060. The molecule has 0 spiro atoms. The van der Waals surface area contributed by atoms with E-state index in [-0.39, 0.29) is 36.3 Å². The molecule has 1 atom stereocenters. The largest absolute Gasteiger partial charge is 0.508 e. The molecule has 1 amide bonds. The van der Waals surface area contributed by atoms with E-state index in [1.165, 1.54) is 18.2 Å². The summed E-state index contributed by atoms with van der Waals surface area (Å²) in [5, 5.41) is 23.4. The van der Waals surface area contributed by atoms with Gasteiger partial charge in [0.1, 0.15) is 5.75 Å². The molecule has 3 heterocycles. The Balaban J connectivity index is 1.28. The zero-order chi connectivity index (χ0) is 23.3. The summed E-state index contributed by atoms with van der Waals surface area (Å²) in [6.45, 7) is 0.809. The summed E-state index contributed by atoms with van der Waals surface area (Å²) < 4.78 is 34.2. The summed E-state index contributed by atoms with van der Waals surface area (Å²) >= 11 is 1.57. The van der Waals surface area contributed by atoms with Gasteiger partial charge in [-0.15, -0.1) is 21.5 Å². The van der Waals surface area contributed by atoms with E-state index in [1.807, 2.05) is 12.1 Å². The van der Waals surface area contributed by atoms with Crippen LogP contribution >= 0.6 is 11.3 Å². The molecule has 2 aromatic heterocycles. The van der Waals surface area contributed by atoms with Crippen LogP contribution in [0.2, 0.25) is 0 Å². The predicted molar refractivity (Wildman–Crippen MR) is 118 cm³/mol. The standard InChI is InChI=1S/C22H25F2N5O3S/c23-22(24,15-4-1-6-17(30)14-15)11-2-5-16-10-13-32-21(31)29(16)12-3-7-18-8-9-19(33-18)20-25-27-28-26-20/h1,4,6,8-9,14,16,30H,2-3,5,7,10-13H2,(H,25,26,27,28)/t16-/m0/s1. The van der Waals surface area contributed by atoms with Gasteiger partial charge in [-0.05, 0) is 55.2 Å². The van der Waals surface area contributed by atoms with Crippen LogP contribution in [0, 0.1) is 0 Å². The summed E-state index contributed by atoms with van der Waals surface area (Å²) in [6.07, 6.45) is 2.14. The molecule has 0 unspecified atom stereocenters. The van der Waals surface area contributed by atoms with E-state index >= 15 is 0 Å². The molecule has 8 nitrogen and oxygen atoms in total. The summed E-state index contributed by atoms with van der Waals surface area (Å²) in [5.74, 6) is -2.66. The maximum Gasteiger partial charge on any atom is 0.410 e. The number of cyclic esters (lactones) is 1. The van der Waals surface area contributed by atoms with E-state index in [0.717, 1.165) is 28.7 Å². The molecule has 4 rings (SSSR count). The number of H-pyrrole nitrogens is 1. The van der Waals surface area contributed by atoms with E-state index in [4.69, 9.17) is 4.74 Å². The lowest BCUT2D eigenvalue weighted by Crippen LogP contribution is -2.46. The number of benzene rings is 1. The Hall–Kier alpha value is -3.08. The SMILES string of the molecule is O=C1OCC[C@H](CCCC(F)(F)c2cccc(O)c2)N1CCCc1ccc(-c2nn[nH]n2)s1. The number of alkyl halides is 2. The summed E-state index contributed by atoms with van der Waals surface area (Å²) in [7, 11) is 0. The topological polar surface area (TPSA) is 104 Å². The van der Waals surface area contributed by atoms with Gasteiger partial charge in [-0.2, -0.15) is 5.21 Å². The first kappa shape index (κ1) is 23.1. The van der Waals surface area contributed by atoms with Crippen molar-refractivity contribution in [2.24, 2.45) is 0 Å². The number of ether oxygens (including phenoxy) is 1. The number of phenolic OH excluding ortho intramolecular Hbond substituents is 1. The van der Waals surface area contributed by atoms with Crippen molar-refractivity contribution in [3.05, 3.63) is 46.8 Å². The number of thiophene rings is 1. The van der Waals surface area contributed by atoms with Crippen molar-refractivity contribution in [2.45, 2.75) is 50.5 Å². The molecule has 1 aliphatic heterocycles. The lowest BCUT2D eigenvalue weighted by Gasteiger charge is -2.35. The number of rotatable bonds is 10. The van der Waals surface area contributed by atoms with Crippen LogP contribution in [0.15, 0.2) is 36.4 Å². The van der Waals surface area contributed by atoms with E-state index in [1.54, 1.807) is 16.2 Å². The molecule has 0 saturated carbocycles. The van der Waals surface area contributed by atoms with Crippen LogP contribution < -0.4 is 0 Å². The van der Waals surface area contributed by atoms with Crippen LogP contribution in [0.5, 0.6) is 5.75 Å². The fourth-order valence-electron chi connectivity index (χ4n) is 4.00. The van der Waals surface area contributed by atoms with E-state index in [9.17, 15) is 18.7 Å². The fourth-order valence-corrected chi connectivity index (χ4v) is 4.98. The number of phenols is 1. The highest BCUT2D eigenvalue weighted by Gasteiger charge is 2.33. The number of aryl methyl sites for hydroxylation is 1. The van der Waals surface area contributed by atoms with Gasteiger partial charge >= 0.3 is 6.09 Å². The number of hydrogen-bond donors (Lipinski definition) is 2. The second-order valence-corrected chi connectivity index (χ2v) is 9.17. The third kappa shape index (κ3) is 5.84.